The monoisotopic (exact) mass is 307 g/mol. The van der Waals surface area contributed by atoms with E-state index in [-0.39, 0.29) is 0 Å². The van der Waals surface area contributed by atoms with Gasteiger partial charge in [-0.3, -0.25) is 4.68 Å². The standard InChI is InChI=1S/C14H18BrN3/c1-2-8-16-10-13-7-9-18(17-13)11-12-5-3-4-6-14(12)15/h3-7,9,16H,2,8,10-11H2,1H3. The lowest BCUT2D eigenvalue weighted by Gasteiger charge is -2.04. The largest absolute Gasteiger partial charge is 0.311 e. The van der Waals surface area contributed by atoms with Crippen molar-refractivity contribution in [2.45, 2.75) is 26.4 Å². The van der Waals surface area contributed by atoms with Crippen LogP contribution in [0.25, 0.3) is 0 Å². The molecule has 1 aromatic carbocycles. The summed E-state index contributed by atoms with van der Waals surface area (Å²) in [6.45, 7) is 4.85. The van der Waals surface area contributed by atoms with Crippen LogP contribution in [0, 0.1) is 0 Å². The first-order valence-electron chi connectivity index (χ1n) is 6.26. The van der Waals surface area contributed by atoms with Crippen LogP contribution in [-0.2, 0) is 13.1 Å². The lowest BCUT2D eigenvalue weighted by atomic mass is 10.2. The predicted molar refractivity (Wildman–Crippen MR) is 77.5 cm³/mol. The van der Waals surface area contributed by atoms with E-state index in [9.17, 15) is 0 Å². The molecule has 3 nitrogen and oxygen atoms in total. The number of rotatable bonds is 6. The zero-order chi connectivity index (χ0) is 12.8. The predicted octanol–water partition coefficient (Wildman–Crippen LogP) is 3.19. The molecule has 0 unspecified atom stereocenters. The number of halogens is 1. The quantitative estimate of drug-likeness (QED) is 0.831. The highest BCUT2D eigenvalue weighted by Crippen LogP contribution is 2.16. The van der Waals surface area contributed by atoms with Crippen molar-refractivity contribution < 1.29 is 0 Å². The van der Waals surface area contributed by atoms with Gasteiger partial charge in [0.1, 0.15) is 0 Å². The van der Waals surface area contributed by atoms with Gasteiger partial charge in [-0.1, -0.05) is 41.1 Å². The first-order chi connectivity index (χ1) is 8.79. The van der Waals surface area contributed by atoms with Gasteiger partial charge < -0.3 is 5.32 Å². The average Bonchev–Trinajstić information content (AvgIpc) is 2.80. The van der Waals surface area contributed by atoms with Gasteiger partial charge in [0.2, 0.25) is 0 Å². The second kappa shape index (κ2) is 6.71. The first kappa shape index (κ1) is 13.3. The molecule has 0 radical (unpaired) electrons. The zero-order valence-corrected chi connectivity index (χ0v) is 12.2. The highest BCUT2D eigenvalue weighted by molar-refractivity contribution is 9.10. The fraction of sp³-hybridized carbons (Fsp3) is 0.357. The normalized spacial score (nSPS) is 10.8. The third-order valence-corrected chi connectivity index (χ3v) is 3.49. The van der Waals surface area contributed by atoms with E-state index in [1.807, 2.05) is 23.0 Å². The number of benzene rings is 1. The van der Waals surface area contributed by atoms with E-state index in [1.54, 1.807) is 0 Å². The summed E-state index contributed by atoms with van der Waals surface area (Å²) in [5.74, 6) is 0. The van der Waals surface area contributed by atoms with Crippen LogP contribution in [0.15, 0.2) is 41.0 Å². The van der Waals surface area contributed by atoms with Crippen LogP contribution in [0.3, 0.4) is 0 Å². The number of aromatic nitrogens is 2. The Balaban J connectivity index is 1.96. The van der Waals surface area contributed by atoms with Crippen LogP contribution >= 0.6 is 15.9 Å². The summed E-state index contributed by atoms with van der Waals surface area (Å²) in [6, 6.07) is 10.3. The number of nitrogens with zero attached hydrogens (tertiary/aromatic N) is 2. The van der Waals surface area contributed by atoms with Crippen LogP contribution in [0.1, 0.15) is 24.6 Å². The third-order valence-electron chi connectivity index (χ3n) is 2.72. The molecule has 0 saturated heterocycles. The summed E-state index contributed by atoms with van der Waals surface area (Å²) in [5, 5.41) is 7.91. The second-order valence-electron chi connectivity index (χ2n) is 4.27. The van der Waals surface area contributed by atoms with Gasteiger partial charge in [0.15, 0.2) is 0 Å². The van der Waals surface area contributed by atoms with Crippen molar-refractivity contribution in [2.24, 2.45) is 0 Å². The Kier molecular flexibility index (Phi) is 4.96. The third kappa shape index (κ3) is 3.68. The molecule has 0 aliphatic heterocycles. The average molecular weight is 308 g/mol. The van der Waals surface area contributed by atoms with E-state index in [4.69, 9.17) is 0 Å². The molecule has 18 heavy (non-hydrogen) atoms. The summed E-state index contributed by atoms with van der Waals surface area (Å²) < 4.78 is 3.11. The fourth-order valence-corrected chi connectivity index (χ4v) is 2.19. The molecule has 0 amide bonds. The molecule has 0 bridgehead atoms. The Morgan fingerprint density at radius 3 is 2.89 bits per heavy atom. The van der Waals surface area contributed by atoms with Crippen LogP contribution in [0.2, 0.25) is 0 Å². The molecule has 0 atom stereocenters. The van der Waals surface area contributed by atoms with Gasteiger partial charge in [0.25, 0.3) is 0 Å². The van der Waals surface area contributed by atoms with Gasteiger partial charge >= 0.3 is 0 Å². The van der Waals surface area contributed by atoms with Crippen LogP contribution in [0.5, 0.6) is 0 Å². The minimum atomic E-state index is 0.801. The van der Waals surface area contributed by atoms with Crippen LogP contribution in [0.4, 0.5) is 0 Å². The van der Waals surface area contributed by atoms with E-state index in [1.165, 1.54) is 5.56 Å². The minimum absolute atomic E-state index is 0.801. The Bertz CT molecular complexity index is 493. The number of hydrogen-bond acceptors (Lipinski definition) is 2. The molecule has 1 heterocycles. The molecule has 96 valence electrons. The fourth-order valence-electron chi connectivity index (χ4n) is 1.78. The molecular formula is C14H18BrN3. The zero-order valence-electron chi connectivity index (χ0n) is 10.6. The van der Waals surface area contributed by atoms with E-state index in [0.717, 1.165) is 36.2 Å². The molecule has 0 fully saturated rings. The smallest absolute Gasteiger partial charge is 0.0762 e. The summed E-state index contributed by atoms with van der Waals surface area (Å²) in [5.41, 5.74) is 2.34. The lowest BCUT2D eigenvalue weighted by molar-refractivity contribution is 0.627. The van der Waals surface area contributed by atoms with Gasteiger partial charge in [-0.15, -0.1) is 0 Å². The Morgan fingerprint density at radius 2 is 2.11 bits per heavy atom. The molecule has 4 heteroatoms. The second-order valence-corrected chi connectivity index (χ2v) is 5.13. The van der Waals surface area contributed by atoms with Crippen molar-refractivity contribution in [3.63, 3.8) is 0 Å². The van der Waals surface area contributed by atoms with Crippen LogP contribution < -0.4 is 5.32 Å². The maximum absolute atomic E-state index is 4.55. The summed E-state index contributed by atoms with van der Waals surface area (Å²) in [4.78, 5) is 0. The van der Waals surface area contributed by atoms with Crippen molar-refractivity contribution >= 4 is 15.9 Å². The molecule has 2 rings (SSSR count). The Hall–Kier alpha value is -1.13. The lowest BCUT2D eigenvalue weighted by Crippen LogP contribution is -2.14. The molecule has 1 N–H and O–H groups in total. The van der Waals surface area contributed by atoms with Crippen molar-refractivity contribution in [1.82, 2.24) is 15.1 Å². The molecule has 0 spiro atoms. The highest BCUT2D eigenvalue weighted by atomic mass is 79.9. The molecule has 0 saturated carbocycles. The summed E-state index contributed by atoms with van der Waals surface area (Å²) in [6.07, 6.45) is 3.18. The summed E-state index contributed by atoms with van der Waals surface area (Å²) >= 11 is 3.56. The van der Waals surface area contributed by atoms with Crippen molar-refractivity contribution in [2.75, 3.05) is 6.54 Å². The SMILES string of the molecule is CCCNCc1ccn(Cc2ccccc2Br)n1. The van der Waals surface area contributed by atoms with Crippen molar-refractivity contribution in [3.05, 3.63) is 52.3 Å². The van der Waals surface area contributed by atoms with E-state index < -0.39 is 0 Å². The maximum atomic E-state index is 4.55. The summed E-state index contributed by atoms with van der Waals surface area (Å²) in [7, 11) is 0. The van der Waals surface area contributed by atoms with Crippen molar-refractivity contribution in [3.8, 4) is 0 Å². The van der Waals surface area contributed by atoms with Gasteiger partial charge in [-0.25, -0.2) is 0 Å². The number of hydrogen-bond donors (Lipinski definition) is 1. The maximum Gasteiger partial charge on any atom is 0.0762 e. The molecule has 0 aliphatic carbocycles. The first-order valence-corrected chi connectivity index (χ1v) is 7.05. The molecule has 1 aromatic heterocycles. The van der Waals surface area contributed by atoms with E-state index in [2.05, 4.69) is 51.5 Å². The van der Waals surface area contributed by atoms with E-state index in [0.29, 0.717) is 0 Å². The topological polar surface area (TPSA) is 29.9 Å². The van der Waals surface area contributed by atoms with Crippen LogP contribution in [-0.4, -0.2) is 16.3 Å². The van der Waals surface area contributed by atoms with E-state index >= 15 is 0 Å². The van der Waals surface area contributed by atoms with Gasteiger partial charge in [0, 0.05) is 17.2 Å². The Labute approximate surface area is 116 Å². The van der Waals surface area contributed by atoms with Gasteiger partial charge in [0.05, 0.1) is 12.2 Å². The van der Waals surface area contributed by atoms with Gasteiger partial charge in [-0.05, 0) is 30.7 Å². The van der Waals surface area contributed by atoms with Crippen molar-refractivity contribution in [1.29, 1.82) is 0 Å². The molecule has 0 aliphatic rings. The van der Waals surface area contributed by atoms with Gasteiger partial charge in [-0.2, -0.15) is 5.10 Å². The number of nitrogens with one attached hydrogen (secondary N) is 1. The molecular weight excluding hydrogens is 290 g/mol. The highest BCUT2D eigenvalue weighted by Gasteiger charge is 2.02. The minimum Gasteiger partial charge on any atom is -0.311 e. The molecule has 2 aromatic rings. The Morgan fingerprint density at radius 1 is 1.28 bits per heavy atom.